The molecule has 0 aromatic rings. The van der Waals surface area contributed by atoms with E-state index in [1.54, 1.807) is 6.92 Å². The highest BCUT2D eigenvalue weighted by Gasteiger charge is 2.23. The Bertz CT molecular complexity index is 183. The summed E-state index contributed by atoms with van der Waals surface area (Å²) in [5.41, 5.74) is 0. The van der Waals surface area contributed by atoms with Crippen molar-refractivity contribution in [1.29, 1.82) is 0 Å². The van der Waals surface area contributed by atoms with Gasteiger partial charge in [-0.15, -0.1) is 5.92 Å². The zero-order chi connectivity index (χ0) is 8.81. The van der Waals surface area contributed by atoms with E-state index in [2.05, 4.69) is 27.8 Å². The van der Waals surface area contributed by atoms with Gasteiger partial charge in [0.2, 0.25) is 0 Å². The molecule has 0 amide bonds. The maximum atomic E-state index is 5.40. The molecule has 68 valence electrons. The molecule has 1 fully saturated rings. The van der Waals surface area contributed by atoms with Gasteiger partial charge in [-0.3, -0.25) is 0 Å². The lowest BCUT2D eigenvalue weighted by molar-refractivity contribution is -0.148. The van der Waals surface area contributed by atoms with Crippen molar-refractivity contribution in [2.75, 3.05) is 13.2 Å². The summed E-state index contributed by atoms with van der Waals surface area (Å²) in [6.07, 6.45) is 2.11. The van der Waals surface area contributed by atoms with Gasteiger partial charge in [-0.2, -0.15) is 0 Å². The Hall–Kier alpha value is -0.0400. The van der Waals surface area contributed by atoms with Gasteiger partial charge in [-0.1, -0.05) is 21.9 Å². The van der Waals surface area contributed by atoms with Gasteiger partial charge < -0.3 is 9.47 Å². The summed E-state index contributed by atoms with van der Waals surface area (Å²) in [6, 6.07) is 0. The Kier molecular flexibility index (Phi) is 4.67. The van der Waals surface area contributed by atoms with Gasteiger partial charge in [0.25, 0.3) is 0 Å². The average Bonchev–Trinajstić information content (AvgIpc) is 2.09. The molecule has 0 aliphatic carbocycles. The highest BCUT2D eigenvalue weighted by Crippen LogP contribution is 2.21. The molecule has 12 heavy (non-hydrogen) atoms. The lowest BCUT2D eigenvalue weighted by atomic mass is 10.2. The molecule has 2 atom stereocenters. The van der Waals surface area contributed by atoms with E-state index in [1.807, 2.05) is 0 Å². The Morgan fingerprint density at radius 1 is 1.67 bits per heavy atom. The van der Waals surface area contributed by atoms with E-state index in [4.69, 9.17) is 9.47 Å². The molecular formula is C9H13BrO2. The van der Waals surface area contributed by atoms with Crippen LogP contribution >= 0.6 is 15.9 Å². The number of ether oxygens (including phenoxy) is 2. The van der Waals surface area contributed by atoms with Crippen LogP contribution in [0.2, 0.25) is 0 Å². The number of halogens is 1. The van der Waals surface area contributed by atoms with Crippen molar-refractivity contribution in [3.8, 4) is 11.8 Å². The van der Waals surface area contributed by atoms with Crippen molar-refractivity contribution in [1.82, 2.24) is 0 Å². The van der Waals surface area contributed by atoms with Gasteiger partial charge in [0.1, 0.15) is 6.61 Å². The molecule has 0 aromatic heterocycles. The number of hydrogen-bond donors (Lipinski definition) is 0. The minimum atomic E-state index is -0.111. The third-order valence-corrected chi connectivity index (χ3v) is 2.59. The molecular weight excluding hydrogens is 220 g/mol. The topological polar surface area (TPSA) is 18.5 Å². The smallest absolute Gasteiger partial charge is 0.171 e. The summed E-state index contributed by atoms with van der Waals surface area (Å²) < 4.78 is 10.8. The third-order valence-electron chi connectivity index (χ3n) is 1.70. The van der Waals surface area contributed by atoms with E-state index in [0.717, 1.165) is 19.4 Å². The molecule has 0 radical (unpaired) electrons. The van der Waals surface area contributed by atoms with E-state index < -0.39 is 0 Å². The number of hydrogen-bond acceptors (Lipinski definition) is 2. The second kappa shape index (κ2) is 5.58. The minimum Gasteiger partial charge on any atom is -0.351 e. The second-order valence-electron chi connectivity index (χ2n) is 2.64. The molecule has 3 heteroatoms. The summed E-state index contributed by atoms with van der Waals surface area (Å²) in [6.45, 7) is 3.06. The Labute approximate surface area is 81.7 Å². The summed E-state index contributed by atoms with van der Waals surface area (Å²) in [5.74, 6) is 5.62. The van der Waals surface area contributed by atoms with E-state index in [9.17, 15) is 0 Å². The van der Waals surface area contributed by atoms with Crippen LogP contribution in [-0.4, -0.2) is 24.3 Å². The number of alkyl halides is 1. The molecule has 0 bridgehead atoms. The van der Waals surface area contributed by atoms with Crippen LogP contribution in [0.3, 0.4) is 0 Å². The maximum Gasteiger partial charge on any atom is 0.171 e. The Balaban J connectivity index is 2.23. The molecule has 0 saturated carbocycles. The van der Waals surface area contributed by atoms with Crippen molar-refractivity contribution in [3.05, 3.63) is 0 Å². The van der Waals surface area contributed by atoms with Crippen LogP contribution in [0.4, 0.5) is 0 Å². The quantitative estimate of drug-likeness (QED) is 0.536. The van der Waals surface area contributed by atoms with E-state index in [0.29, 0.717) is 11.4 Å². The highest BCUT2D eigenvalue weighted by atomic mass is 79.9. The Morgan fingerprint density at radius 3 is 3.17 bits per heavy atom. The van der Waals surface area contributed by atoms with E-state index in [-0.39, 0.29) is 6.29 Å². The summed E-state index contributed by atoms with van der Waals surface area (Å²) >= 11 is 3.51. The fourth-order valence-electron chi connectivity index (χ4n) is 1.07. The largest absolute Gasteiger partial charge is 0.351 e. The van der Waals surface area contributed by atoms with Gasteiger partial charge in [-0.05, 0) is 19.8 Å². The van der Waals surface area contributed by atoms with Gasteiger partial charge in [0.15, 0.2) is 6.29 Å². The molecule has 0 aromatic carbocycles. The molecule has 1 aliphatic rings. The summed E-state index contributed by atoms with van der Waals surface area (Å²) in [5, 5.41) is 0. The maximum absolute atomic E-state index is 5.40. The first-order chi connectivity index (χ1) is 5.84. The first-order valence-corrected chi connectivity index (χ1v) is 5.03. The first kappa shape index (κ1) is 10.0. The second-order valence-corrected chi connectivity index (χ2v) is 3.81. The van der Waals surface area contributed by atoms with Gasteiger partial charge >= 0.3 is 0 Å². The molecule has 0 N–H and O–H groups in total. The highest BCUT2D eigenvalue weighted by molar-refractivity contribution is 9.09. The van der Waals surface area contributed by atoms with Crippen molar-refractivity contribution in [2.24, 2.45) is 0 Å². The van der Waals surface area contributed by atoms with Crippen LogP contribution in [0.15, 0.2) is 0 Å². The monoisotopic (exact) mass is 232 g/mol. The predicted molar refractivity (Wildman–Crippen MR) is 51.1 cm³/mol. The lowest BCUT2D eigenvalue weighted by Gasteiger charge is -2.26. The summed E-state index contributed by atoms with van der Waals surface area (Å²) in [7, 11) is 0. The van der Waals surface area contributed by atoms with Crippen molar-refractivity contribution in [2.45, 2.75) is 30.9 Å². The number of rotatable bonds is 2. The predicted octanol–water partition coefficient (Wildman–Crippen LogP) is 1.93. The molecule has 1 saturated heterocycles. The van der Waals surface area contributed by atoms with Crippen LogP contribution in [0.1, 0.15) is 19.8 Å². The van der Waals surface area contributed by atoms with E-state index in [1.165, 1.54) is 0 Å². The van der Waals surface area contributed by atoms with Crippen molar-refractivity contribution < 1.29 is 9.47 Å². The van der Waals surface area contributed by atoms with Crippen LogP contribution in [0, 0.1) is 11.8 Å². The Morgan fingerprint density at radius 2 is 2.50 bits per heavy atom. The first-order valence-electron chi connectivity index (χ1n) is 4.11. The van der Waals surface area contributed by atoms with Crippen LogP contribution in [-0.2, 0) is 9.47 Å². The minimum absolute atomic E-state index is 0.111. The van der Waals surface area contributed by atoms with Crippen LogP contribution in [0.5, 0.6) is 0 Å². The summed E-state index contributed by atoms with van der Waals surface area (Å²) in [4.78, 5) is 0.324. The van der Waals surface area contributed by atoms with Crippen LogP contribution in [0.25, 0.3) is 0 Å². The van der Waals surface area contributed by atoms with Crippen molar-refractivity contribution >= 4 is 15.9 Å². The fourth-order valence-corrected chi connectivity index (χ4v) is 1.70. The van der Waals surface area contributed by atoms with Crippen LogP contribution < -0.4 is 0 Å². The normalized spacial score (nSPS) is 29.2. The third kappa shape index (κ3) is 3.14. The zero-order valence-electron chi connectivity index (χ0n) is 7.18. The fraction of sp³-hybridized carbons (Fsp3) is 0.778. The SMILES string of the molecule is CC#CCOC1OCCCC1Br. The molecule has 1 rings (SSSR count). The molecule has 1 aliphatic heterocycles. The lowest BCUT2D eigenvalue weighted by Crippen LogP contribution is -2.32. The molecule has 0 spiro atoms. The van der Waals surface area contributed by atoms with Gasteiger partial charge in [-0.25, -0.2) is 0 Å². The van der Waals surface area contributed by atoms with Gasteiger partial charge in [0.05, 0.1) is 4.83 Å². The molecule has 2 nitrogen and oxygen atoms in total. The van der Waals surface area contributed by atoms with Crippen molar-refractivity contribution in [3.63, 3.8) is 0 Å². The molecule has 1 heterocycles. The molecule has 2 unspecified atom stereocenters. The van der Waals surface area contributed by atoms with E-state index >= 15 is 0 Å². The average molecular weight is 233 g/mol. The zero-order valence-corrected chi connectivity index (χ0v) is 8.76. The standard InChI is InChI=1S/C9H13BrO2/c1-2-3-6-11-9-8(10)5-4-7-12-9/h8-9H,4-7H2,1H3. The van der Waals surface area contributed by atoms with Gasteiger partial charge in [0, 0.05) is 6.61 Å².